The first-order valence-electron chi connectivity index (χ1n) is 18.4. The number of carbonyl (C=O) groups excluding carboxylic acids is 2. The lowest BCUT2D eigenvalue weighted by Crippen LogP contribution is -2.28. The van der Waals surface area contributed by atoms with E-state index in [1.165, 1.54) is 51.4 Å². The van der Waals surface area contributed by atoms with Crippen molar-refractivity contribution < 1.29 is 47.8 Å². The van der Waals surface area contributed by atoms with E-state index < -0.39 is 58.4 Å². The summed E-state index contributed by atoms with van der Waals surface area (Å²) in [7, 11) is -4.63. The summed E-state index contributed by atoms with van der Waals surface area (Å²) in [6, 6.07) is 0. The Morgan fingerprint density at radius 1 is 0.583 bits per heavy atom. The number of rotatable bonds is 34. The van der Waals surface area contributed by atoms with Gasteiger partial charge in [0.05, 0.1) is 26.4 Å². The number of aliphatic hydroxyl groups excluding tert-OH is 2. The molecule has 0 saturated heterocycles. The second-order valence-electron chi connectivity index (χ2n) is 12.2. The normalized spacial score (nSPS) is 14.5. The van der Waals surface area contributed by atoms with Crippen molar-refractivity contribution in [2.75, 3.05) is 26.4 Å². The number of unbranched alkanes of at least 4 members (excludes halogenated alkanes) is 14. The summed E-state index contributed by atoms with van der Waals surface area (Å²) in [5.41, 5.74) is 0. The Kier molecular flexibility index (Phi) is 32.4. The average molecular weight is 703 g/mol. The molecule has 0 spiro atoms. The van der Waals surface area contributed by atoms with E-state index in [1.807, 2.05) is 0 Å². The summed E-state index contributed by atoms with van der Waals surface area (Å²) in [5.74, 6) is -1.05. The van der Waals surface area contributed by atoms with Crippen molar-refractivity contribution >= 4 is 19.8 Å². The molecule has 280 valence electrons. The number of ether oxygens (including phenoxy) is 2. The summed E-state index contributed by atoms with van der Waals surface area (Å²) in [4.78, 5) is 34.3. The van der Waals surface area contributed by atoms with E-state index in [2.05, 4.69) is 50.3 Å². The summed E-state index contributed by atoms with van der Waals surface area (Å²) < 4.78 is 32.4. The van der Waals surface area contributed by atoms with Gasteiger partial charge in [0.1, 0.15) is 12.2 Å². The largest absolute Gasteiger partial charge is 0.472 e. The van der Waals surface area contributed by atoms with Gasteiger partial charge in [-0.3, -0.25) is 18.6 Å². The number of phosphoric ester groups is 1. The maximum atomic E-state index is 12.3. The smallest absolute Gasteiger partial charge is 0.457 e. The molecule has 0 fully saturated rings. The highest BCUT2D eigenvalue weighted by atomic mass is 31.2. The van der Waals surface area contributed by atoms with Crippen LogP contribution in [0.2, 0.25) is 0 Å². The van der Waals surface area contributed by atoms with Crippen molar-refractivity contribution in [1.29, 1.82) is 0 Å². The fourth-order valence-electron chi connectivity index (χ4n) is 4.77. The Hall–Kier alpha value is -1.81. The molecular weight excluding hydrogens is 635 g/mol. The van der Waals surface area contributed by atoms with Crippen molar-refractivity contribution in [3.8, 4) is 0 Å². The molecule has 3 unspecified atom stereocenters. The van der Waals surface area contributed by atoms with Gasteiger partial charge in [-0.2, -0.15) is 0 Å². The molecule has 0 amide bonds. The summed E-state index contributed by atoms with van der Waals surface area (Å²) >= 11 is 0. The van der Waals surface area contributed by atoms with Gasteiger partial charge >= 0.3 is 19.8 Å². The van der Waals surface area contributed by atoms with Crippen molar-refractivity contribution in [2.45, 2.75) is 161 Å². The Morgan fingerprint density at radius 3 is 1.42 bits per heavy atom. The van der Waals surface area contributed by atoms with E-state index in [0.717, 1.165) is 57.8 Å². The van der Waals surface area contributed by atoms with Crippen molar-refractivity contribution in [3.05, 3.63) is 36.5 Å². The van der Waals surface area contributed by atoms with Crippen LogP contribution in [0.1, 0.15) is 149 Å². The number of hydrogen-bond donors (Lipinski definition) is 3. The van der Waals surface area contributed by atoms with Crippen molar-refractivity contribution in [3.63, 3.8) is 0 Å². The summed E-state index contributed by atoms with van der Waals surface area (Å²) in [6.45, 7) is 2.03. The van der Waals surface area contributed by atoms with Crippen molar-refractivity contribution in [2.24, 2.45) is 0 Å². The zero-order valence-corrected chi connectivity index (χ0v) is 30.8. The molecule has 0 bridgehead atoms. The minimum atomic E-state index is -4.63. The van der Waals surface area contributed by atoms with Crippen LogP contribution in [0.3, 0.4) is 0 Å². The van der Waals surface area contributed by atoms with Crippen LogP contribution in [0, 0.1) is 0 Å². The van der Waals surface area contributed by atoms with E-state index in [1.54, 1.807) is 0 Å². The van der Waals surface area contributed by atoms with Crippen LogP contribution >= 0.6 is 7.82 Å². The summed E-state index contributed by atoms with van der Waals surface area (Å²) in [6.07, 6.45) is 31.3. The van der Waals surface area contributed by atoms with Gasteiger partial charge in [-0.1, -0.05) is 127 Å². The molecule has 0 aliphatic carbocycles. The molecule has 0 aromatic rings. The van der Waals surface area contributed by atoms with E-state index in [4.69, 9.17) is 18.5 Å². The number of aliphatic hydroxyl groups is 2. The van der Waals surface area contributed by atoms with Crippen LogP contribution in [-0.4, -0.2) is 65.7 Å². The lowest BCUT2D eigenvalue weighted by atomic mass is 10.0. The Morgan fingerprint density at radius 2 is 0.979 bits per heavy atom. The third-order valence-corrected chi connectivity index (χ3v) is 8.57. The number of phosphoric acid groups is 1. The standard InChI is InChI=1S/C37H67O10P/c1-3-5-7-9-11-13-15-17-19-21-23-25-27-29-37(41)47-35(31-39)33-45-48(42,43)44-32-34(30-38)46-36(40)28-26-24-22-20-18-16-14-12-10-8-6-4-2/h5,7,11,13,17,19,34-35,38-39H,3-4,6,8-10,12,14-16,18,20-33H2,1-2H3,(H,42,43)/b7-5-,13-11-,19-17-. The second kappa shape index (κ2) is 33.7. The van der Waals surface area contributed by atoms with Crippen molar-refractivity contribution in [1.82, 2.24) is 0 Å². The van der Waals surface area contributed by atoms with Gasteiger partial charge < -0.3 is 24.6 Å². The van der Waals surface area contributed by atoms with E-state index in [-0.39, 0.29) is 12.8 Å². The molecule has 0 aromatic carbocycles. The van der Waals surface area contributed by atoms with Gasteiger partial charge in [-0.15, -0.1) is 0 Å². The number of esters is 2. The predicted molar refractivity (Wildman–Crippen MR) is 191 cm³/mol. The van der Waals surface area contributed by atoms with Gasteiger partial charge in [0.15, 0.2) is 0 Å². The lowest BCUT2D eigenvalue weighted by Gasteiger charge is -2.20. The monoisotopic (exact) mass is 702 g/mol. The molecule has 0 heterocycles. The molecule has 0 aromatic heterocycles. The topological polar surface area (TPSA) is 149 Å². The number of allylic oxidation sites excluding steroid dienone is 6. The van der Waals surface area contributed by atoms with E-state index in [0.29, 0.717) is 12.8 Å². The second-order valence-corrected chi connectivity index (χ2v) is 13.6. The van der Waals surface area contributed by atoms with Crippen LogP contribution in [0.5, 0.6) is 0 Å². The van der Waals surface area contributed by atoms with E-state index >= 15 is 0 Å². The molecule has 11 heteroatoms. The Bertz CT molecular complexity index is 905. The van der Waals surface area contributed by atoms with Gasteiger partial charge in [0.25, 0.3) is 0 Å². The van der Waals surface area contributed by atoms with Crippen LogP contribution in [-0.2, 0) is 32.7 Å². The quantitative estimate of drug-likeness (QED) is 0.0257. The molecule has 0 saturated carbocycles. The minimum Gasteiger partial charge on any atom is -0.457 e. The molecule has 0 rings (SSSR count). The van der Waals surface area contributed by atoms with Gasteiger partial charge in [-0.05, 0) is 44.9 Å². The summed E-state index contributed by atoms with van der Waals surface area (Å²) in [5, 5.41) is 19.0. The average Bonchev–Trinajstić information content (AvgIpc) is 3.07. The van der Waals surface area contributed by atoms with Crippen LogP contribution in [0.4, 0.5) is 0 Å². The predicted octanol–water partition coefficient (Wildman–Crippen LogP) is 8.83. The highest BCUT2D eigenvalue weighted by molar-refractivity contribution is 7.47. The third-order valence-electron chi connectivity index (χ3n) is 7.62. The molecule has 10 nitrogen and oxygen atoms in total. The maximum Gasteiger partial charge on any atom is 0.472 e. The third kappa shape index (κ3) is 31.5. The Labute approximate surface area is 291 Å². The zero-order chi connectivity index (χ0) is 35.6. The first-order valence-corrected chi connectivity index (χ1v) is 19.9. The minimum absolute atomic E-state index is 0.157. The highest BCUT2D eigenvalue weighted by Gasteiger charge is 2.27. The molecule has 0 radical (unpaired) electrons. The van der Waals surface area contributed by atoms with Crippen LogP contribution in [0.25, 0.3) is 0 Å². The molecule has 3 N–H and O–H groups in total. The molecule has 48 heavy (non-hydrogen) atoms. The van der Waals surface area contributed by atoms with Crippen LogP contribution in [0.15, 0.2) is 36.5 Å². The maximum absolute atomic E-state index is 12.3. The number of carbonyl (C=O) groups is 2. The van der Waals surface area contributed by atoms with Crippen LogP contribution < -0.4 is 0 Å². The van der Waals surface area contributed by atoms with Gasteiger partial charge in [0.2, 0.25) is 0 Å². The van der Waals surface area contributed by atoms with Gasteiger partial charge in [-0.25, -0.2) is 4.57 Å². The first-order chi connectivity index (χ1) is 23.3. The molecule has 3 atom stereocenters. The number of hydrogen-bond acceptors (Lipinski definition) is 9. The SMILES string of the molecule is CC/C=C\C/C=C\C/C=C\CCCCCC(=O)OC(CO)COP(=O)(O)OCC(CO)OC(=O)CCCCCCCCCCCCCC. The fraction of sp³-hybridized carbons (Fsp3) is 0.784. The highest BCUT2D eigenvalue weighted by Crippen LogP contribution is 2.43. The fourth-order valence-corrected chi connectivity index (χ4v) is 5.56. The molecular formula is C37H67O10P. The van der Waals surface area contributed by atoms with Gasteiger partial charge in [0, 0.05) is 12.8 Å². The zero-order valence-electron chi connectivity index (χ0n) is 29.9. The lowest BCUT2D eigenvalue weighted by molar-refractivity contribution is -0.153. The molecule has 0 aliphatic rings. The van der Waals surface area contributed by atoms with E-state index in [9.17, 15) is 29.3 Å². The Balaban J connectivity index is 4.04. The molecule has 0 aliphatic heterocycles. The first kappa shape index (κ1) is 46.2.